The Hall–Kier alpha value is -4.27. The van der Waals surface area contributed by atoms with E-state index >= 15 is 0 Å². The third kappa shape index (κ3) is 9.71. The first-order valence-corrected chi connectivity index (χ1v) is 10.9. The summed E-state index contributed by atoms with van der Waals surface area (Å²) in [5.41, 5.74) is -1.90. The van der Waals surface area contributed by atoms with Gasteiger partial charge in [0, 0.05) is 18.2 Å². The highest BCUT2D eigenvalue weighted by atomic mass is 19.4. The molecule has 1 aromatic heterocycles. The van der Waals surface area contributed by atoms with Crippen molar-refractivity contribution in [3.05, 3.63) is 53.2 Å². The van der Waals surface area contributed by atoms with E-state index in [4.69, 9.17) is 15.9 Å². The molecule has 0 aliphatic carbocycles. The summed E-state index contributed by atoms with van der Waals surface area (Å²) < 4.78 is 55.4. The van der Waals surface area contributed by atoms with E-state index in [9.17, 15) is 27.6 Å². The molecule has 1 atom stereocenters. The predicted molar refractivity (Wildman–Crippen MR) is 126 cm³/mol. The molecule has 198 valence electrons. The second-order valence-corrected chi connectivity index (χ2v) is 8.65. The first-order chi connectivity index (χ1) is 17.2. The number of hydrogen-bond donors (Lipinski definition) is 2. The number of rotatable bonds is 8. The van der Waals surface area contributed by atoms with Crippen LogP contribution in [0.5, 0.6) is 11.6 Å². The van der Waals surface area contributed by atoms with Crippen LogP contribution in [0.15, 0.2) is 36.4 Å². The number of nitrogens with zero attached hydrogens (tertiary/aromatic N) is 1. The molecule has 9 nitrogen and oxygen atoms in total. The topological polar surface area (TPSA) is 116 Å². The third-order valence-corrected chi connectivity index (χ3v) is 4.41. The Balaban J connectivity index is 2.22. The van der Waals surface area contributed by atoms with Crippen molar-refractivity contribution in [2.45, 2.75) is 51.6 Å². The molecule has 12 heteroatoms. The smallest absolute Gasteiger partial charge is 0.433 e. The van der Waals surface area contributed by atoms with E-state index in [2.05, 4.69) is 26.3 Å². The van der Waals surface area contributed by atoms with Gasteiger partial charge in [-0.1, -0.05) is 12.0 Å². The molecule has 1 heterocycles. The molecule has 0 bridgehead atoms. The highest BCUT2D eigenvalue weighted by Gasteiger charge is 2.33. The largest absolute Gasteiger partial charge is 0.469 e. The van der Waals surface area contributed by atoms with Crippen LogP contribution in [-0.2, 0) is 27.0 Å². The lowest BCUT2D eigenvalue weighted by atomic mass is 10.1. The summed E-state index contributed by atoms with van der Waals surface area (Å²) in [5.74, 6) is 0.596. The number of nitrogens with one attached hydrogen (secondary N) is 2. The van der Waals surface area contributed by atoms with E-state index in [-0.39, 0.29) is 29.8 Å². The maximum atomic E-state index is 13.4. The normalized spacial score (nSPS) is 12.1. The van der Waals surface area contributed by atoms with Crippen LogP contribution >= 0.6 is 0 Å². The van der Waals surface area contributed by atoms with Gasteiger partial charge < -0.3 is 24.8 Å². The van der Waals surface area contributed by atoms with Gasteiger partial charge >= 0.3 is 18.2 Å². The molecule has 2 amide bonds. The summed E-state index contributed by atoms with van der Waals surface area (Å²) in [5, 5.41) is 4.85. The van der Waals surface area contributed by atoms with Gasteiger partial charge in [-0.2, -0.15) is 13.2 Å². The van der Waals surface area contributed by atoms with Crippen molar-refractivity contribution in [3.63, 3.8) is 0 Å². The van der Waals surface area contributed by atoms with Gasteiger partial charge in [0.25, 0.3) is 5.91 Å². The molecule has 0 saturated carbocycles. The van der Waals surface area contributed by atoms with Gasteiger partial charge in [-0.25, -0.2) is 9.78 Å². The third-order valence-electron chi connectivity index (χ3n) is 4.41. The zero-order chi connectivity index (χ0) is 27.8. The maximum Gasteiger partial charge on any atom is 0.433 e. The molecular formula is C25H26F3N3O6. The molecule has 1 aromatic carbocycles. The number of hydrogen-bond acceptors (Lipinski definition) is 7. The Kier molecular flexibility index (Phi) is 9.48. The number of alkyl halides is 3. The first kappa shape index (κ1) is 29.0. The molecule has 0 aliphatic rings. The number of alkyl carbamates (subject to hydrolysis) is 1. The fourth-order valence-electron chi connectivity index (χ4n) is 2.81. The Morgan fingerprint density at radius 2 is 1.84 bits per heavy atom. The van der Waals surface area contributed by atoms with Crippen LogP contribution < -0.4 is 15.4 Å². The molecule has 2 rings (SSSR count). The molecule has 0 aliphatic heterocycles. The van der Waals surface area contributed by atoms with Crippen molar-refractivity contribution in [3.8, 4) is 24.0 Å². The van der Waals surface area contributed by atoms with Gasteiger partial charge in [0.1, 0.15) is 23.1 Å². The Morgan fingerprint density at radius 1 is 1.14 bits per heavy atom. The Bertz CT molecular complexity index is 1190. The summed E-state index contributed by atoms with van der Waals surface area (Å²) in [7, 11) is 1.18. The lowest BCUT2D eigenvalue weighted by Crippen LogP contribution is -2.35. The maximum absolute atomic E-state index is 13.4. The summed E-state index contributed by atoms with van der Waals surface area (Å²) in [6.45, 7) is 4.65. The van der Waals surface area contributed by atoms with E-state index in [1.807, 2.05) is 0 Å². The molecule has 0 spiro atoms. The number of pyridine rings is 1. The molecule has 37 heavy (non-hydrogen) atoms. The fourth-order valence-corrected chi connectivity index (χ4v) is 2.81. The number of terminal acetylenes is 1. The van der Waals surface area contributed by atoms with Gasteiger partial charge in [-0.15, -0.1) is 6.42 Å². The minimum atomic E-state index is -4.79. The van der Waals surface area contributed by atoms with Crippen LogP contribution in [0.4, 0.5) is 18.0 Å². The second-order valence-electron chi connectivity index (χ2n) is 8.65. The van der Waals surface area contributed by atoms with Crippen molar-refractivity contribution in [2.75, 3.05) is 7.11 Å². The van der Waals surface area contributed by atoms with Crippen LogP contribution in [0.3, 0.4) is 0 Å². The van der Waals surface area contributed by atoms with Crippen molar-refractivity contribution in [1.82, 2.24) is 15.6 Å². The number of methoxy groups -OCH3 is 1. The lowest BCUT2D eigenvalue weighted by Gasteiger charge is -2.20. The van der Waals surface area contributed by atoms with E-state index in [0.29, 0.717) is 0 Å². The minimum Gasteiger partial charge on any atom is -0.469 e. The summed E-state index contributed by atoms with van der Waals surface area (Å²) in [4.78, 5) is 39.3. The minimum absolute atomic E-state index is 0.00996. The molecule has 2 N–H and O–H groups in total. The highest BCUT2D eigenvalue weighted by Crippen LogP contribution is 2.31. The predicted octanol–water partition coefficient (Wildman–Crippen LogP) is 4.21. The standard InChI is InChI=1S/C25H26F3N3O6/c1-6-17(13-21(32)35-5)30-22(33)16-8-7-9-18(12-16)36-20-11-15(10-19(31-20)25(26,27)28)14-29-23(34)37-24(2,3)4/h1,7-12,17H,13-14H2,2-5H3,(H,29,34)(H,30,33)/t17-/m1/s1. The van der Waals surface area contributed by atoms with Crippen LogP contribution in [0.25, 0.3) is 0 Å². The van der Waals surface area contributed by atoms with Crippen molar-refractivity contribution >= 4 is 18.0 Å². The second kappa shape index (κ2) is 12.1. The van der Waals surface area contributed by atoms with E-state index in [1.54, 1.807) is 20.8 Å². The average Bonchev–Trinajstić information content (AvgIpc) is 2.80. The summed E-state index contributed by atoms with van der Waals surface area (Å²) in [6, 6.07) is 6.58. The molecular weight excluding hydrogens is 495 g/mol. The number of amides is 2. The van der Waals surface area contributed by atoms with E-state index in [0.717, 1.165) is 6.07 Å². The quantitative estimate of drug-likeness (QED) is 0.395. The highest BCUT2D eigenvalue weighted by molar-refractivity contribution is 5.95. The summed E-state index contributed by atoms with van der Waals surface area (Å²) >= 11 is 0. The van der Waals surface area contributed by atoms with Crippen LogP contribution in [0, 0.1) is 12.3 Å². The average molecular weight is 521 g/mol. The number of aromatic nitrogens is 1. The van der Waals surface area contributed by atoms with Crippen LogP contribution in [0.2, 0.25) is 0 Å². The van der Waals surface area contributed by atoms with Gasteiger partial charge in [0.15, 0.2) is 0 Å². The molecule has 0 fully saturated rings. The number of ether oxygens (including phenoxy) is 3. The molecule has 2 aromatic rings. The SMILES string of the molecule is C#C[C@H](CC(=O)OC)NC(=O)c1cccc(Oc2cc(CNC(=O)OC(C)(C)C)cc(C(F)(F)F)n2)c1. The zero-order valence-corrected chi connectivity index (χ0v) is 20.6. The van der Waals surface area contributed by atoms with Gasteiger partial charge in [0.05, 0.1) is 13.5 Å². The number of halogens is 3. The van der Waals surface area contributed by atoms with E-state index in [1.165, 1.54) is 37.4 Å². The number of benzene rings is 1. The van der Waals surface area contributed by atoms with Crippen LogP contribution in [-0.4, -0.2) is 41.7 Å². The van der Waals surface area contributed by atoms with Gasteiger partial charge in [-0.05, 0) is 50.6 Å². The molecule has 0 saturated heterocycles. The number of carbonyl (C=O) groups is 3. The first-order valence-electron chi connectivity index (χ1n) is 10.9. The van der Waals surface area contributed by atoms with E-state index < -0.39 is 47.4 Å². The monoisotopic (exact) mass is 521 g/mol. The Labute approximate surface area is 211 Å². The van der Waals surface area contributed by atoms with Crippen molar-refractivity contribution in [2.24, 2.45) is 0 Å². The summed E-state index contributed by atoms with van der Waals surface area (Å²) in [6.07, 6.45) is -0.502. The number of carbonyl (C=O) groups excluding carboxylic acids is 3. The zero-order valence-electron chi connectivity index (χ0n) is 20.6. The van der Waals surface area contributed by atoms with Crippen LogP contribution in [0.1, 0.15) is 48.8 Å². The number of esters is 1. The van der Waals surface area contributed by atoms with Crippen molar-refractivity contribution in [1.29, 1.82) is 0 Å². The van der Waals surface area contributed by atoms with Gasteiger partial charge in [0.2, 0.25) is 5.88 Å². The molecule has 0 unspecified atom stereocenters. The Morgan fingerprint density at radius 3 is 2.43 bits per heavy atom. The lowest BCUT2D eigenvalue weighted by molar-refractivity contribution is -0.142. The van der Waals surface area contributed by atoms with Gasteiger partial charge in [-0.3, -0.25) is 9.59 Å². The fraction of sp³-hybridized carbons (Fsp3) is 0.360. The molecule has 0 radical (unpaired) electrons. The van der Waals surface area contributed by atoms with Crippen molar-refractivity contribution < 1.29 is 41.8 Å².